The molecule has 1 rings (SSSR count). The number of benzene rings is 1. The van der Waals surface area contributed by atoms with E-state index in [2.05, 4.69) is 4.74 Å². The number of aliphatic hydroxyl groups excluding tert-OH is 2. The van der Waals surface area contributed by atoms with Crippen LogP contribution in [-0.2, 0) is 20.9 Å². The van der Waals surface area contributed by atoms with E-state index in [0.29, 0.717) is 0 Å². The van der Waals surface area contributed by atoms with Crippen molar-refractivity contribution in [2.75, 3.05) is 0 Å². The van der Waals surface area contributed by atoms with Gasteiger partial charge < -0.3 is 20.1 Å². The van der Waals surface area contributed by atoms with Gasteiger partial charge in [-0.25, -0.2) is 14.0 Å². The van der Waals surface area contributed by atoms with Crippen molar-refractivity contribution in [2.24, 2.45) is 0 Å². The lowest BCUT2D eigenvalue weighted by Crippen LogP contribution is -2.40. The van der Waals surface area contributed by atoms with Gasteiger partial charge in [0.15, 0.2) is 12.2 Å². The van der Waals surface area contributed by atoms with Crippen molar-refractivity contribution in [3.8, 4) is 0 Å². The Bertz CT molecular complexity index is 447. The molecule has 0 aliphatic rings. The van der Waals surface area contributed by atoms with Crippen molar-refractivity contribution in [1.82, 2.24) is 0 Å². The smallest absolute Gasteiger partial charge is 0.338 e. The number of carboxylic acids is 1. The molecule has 0 bridgehead atoms. The second-order valence-corrected chi connectivity index (χ2v) is 3.43. The van der Waals surface area contributed by atoms with Crippen LogP contribution < -0.4 is 0 Å². The third kappa shape index (κ3) is 3.51. The number of hydrogen-bond donors (Lipinski definition) is 3. The number of aliphatic hydroxyl groups is 2. The number of halogens is 1. The Morgan fingerprint density at radius 1 is 1.22 bits per heavy atom. The van der Waals surface area contributed by atoms with Crippen molar-refractivity contribution in [1.29, 1.82) is 0 Å². The van der Waals surface area contributed by atoms with Crippen molar-refractivity contribution in [2.45, 2.75) is 18.8 Å². The molecule has 0 radical (unpaired) electrons. The molecule has 1 aromatic rings. The van der Waals surface area contributed by atoms with E-state index >= 15 is 0 Å². The van der Waals surface area contributed by atoms with E-state index in [0.717, 1.165) is 6.07 Å². The zero-order chi connectivity index (χ0) is 13.7. The normalized spacial score (nSPS) is 13.7. The number of rotatable bonds is 5. The first-order chi connectivity index (χ1) is 8.43. The minimum absolute atomic E-state index is 0.0721. The lowest BCUT2D eigenvalue weighted by molar-refractivity contribution is -0.170. The largest absolute Gasteiger partial charge is 0.479 e. The number of hydrogen-bond acceptors (Lipinski definition) is 5. The fourth-order valence-corrected chi connectivity index (χ4v) is 1.11. The lowest BCUT2D eigenvalue weighted by Gasteiger charge is -2.13. The third-order valence-electron chi connectivity index (χ3n) is 2.12. The molecule has 98 valence electrons. The number of aliphatic carboxylic acids is 1. The Morgan fingerprint density at radius 3 is 2.39 bits per heavy atom. The second kappa shape index (κ2) is 6.08. The van der Waals surface area contributed by atoms with E-state index in [1.807, 2.05) is 0 Å². The summed E-state index contributed by atoms with van der Waals surface area (Å²) in [5, 5.41) is 26.4. The Labute approximate surface area is 101 Å². The summed E-state index contributed by atoms with van der Waals surface area (Å²) in [6.07, 6.45) is -4.49. The van der Waals surface area contributed by atoms with Crippen LogP contribution in [0.2, 0.25) is 0 Å². The number of ether oxygens (including phenoxy) is 1. The second-order valence-electron chi connectivity index (χ2n) is 3.43. The van der Waals surface area contributed by atoms with Gasteiger partial charge in [-0.05, 0) is 6.07 Å². The van der Waals surface area contributed by atoms with Gasteiger partial charge in [-0.1, -0.05) is 18.2 Å². The predicted molar refractivity (Wildman–Crippen MR) is 55.8 cm³/mol. The van der Waals surface area contributed by atoms with Crippen molar-refractivity contribution < 1.29 is 34.0 Å². The average Bonchev–Trinajstić information content (AvgIpc) is 2.35. The third-order valence-corrected chi connectivity index (χ3v) is 2.12. The van der Waals surface area contributed by atoms with E-state index in [1.165, 1.54) is 18.2 Å². The van der Waals surface area contributed by atoms with Crippen LogP contribution in [0.3, 0.4) is 0 Å². The maximum Gasteiger partial charge on any atom is 0.338 e. The van der Waals surface area contributed by atoms with Crippen molar-refractivity contribution in [3.63, 3.8) is 0 Å². The van der Waals surface area contributed by atoms with E-state index in [1.54, 1.807) is 0 Å². The first-order valence-electron chi connectivity index (χ1n) is 4.92. The van der Waals surface area contributed by atoms with Gasteiger partial charge in [-0.15, -0.1) is 0 Å². The Hall–Kier alpha value is -1.99. The molecule has 0 heterocycles. The highest BCUT2D eigenvalue weighted by atomic mass is 19.1. The van der Waals surface area contributed by atoms with Crippen molar-refractivity contribution >= 4 is 11.9 Å². The first kappa shape index (κ1) is 14.1. The molecule has 1 aromatic carbocycles. The summed E-state index contributed by atoms with van der Waals surface area (Å²) in [5.74, 6) is -3.70. The van der Waals surface area contributed by atoms with Crippen molar-refractivity contribution in [3.05, 3.63) is 35.6 Å². The molecule has 18 heavy (non-hydrogen) atoms. The molecule has 0 aliphatic carbocycles. The van der Waals surface area contributed by atoms with Crippen LogP contribution in [0.1, 0.15) is 5.56 Å². The summed E-state index contributed by atoms with van der Waals surface area (Å²) in [4.78, 5) is 21.5. The van der Waals surface area contributed by atoms with Gasteiger partial charge in [0.25, 0.3) is 0 Å². The minimum Gasteiger partial charge on any atom is -0.479 e. The molecule has 0 fully saturated rings. The van der Waals surface area contributed by atoms with Crippen LogP contribution in [-0.4, -0.2) is 39.5 Å². The van der Waals surface area contributed by atoms with Crippen LogP contribution in [0.4, 0.5) is 4.39 Å². The van der Waals surface area contributed by atoms with Gasteiger partial charge in [-0.3, -0.25) is 0 Å². The Balaban J connectivity index is 2.56. The average molecular weight is 258 g/mol. The van der Waals surface area contributed by atoms with E-state index in [9.17, 15) is 14.0 Å². The fraction of sp³-hybridized carbons (Fsp3) is 0.273. The van der Waals surface area contributed by atoms with Gasteiger partial charge in [0.2, 0.25) is 0 Å². The molecule has 7 heteroatoms. The summed E-state index contributed by atoms with van der Waals surface area (Å²) in [5.41, 5.74) is 0.0721. The standard InChI is InChI=1S/C11H11FO6/c12-7-4-2-1-3-6(7)5-18-11(17)9(14)8(13)10(15)16/h1-4,8-9,13-14H,5H2,(H,15,16). The maximum absolute atomic E-state index is 13.1. The lowest BCUT2D eigenvalue weighted by atomic mass is 10.2. The highest BCUT2D eigenvalue weighted by Crippen LogP contribution is 2.08. The Kier molecular flexibility index (Phi) is 4.75. The number of carboxylic acid groups (broad SMARTS) is 1. The number of carbonyl (C=O) groups is 2. The Morgan fingerprint density at radius 2 is 1.83 bits per heavy atom. The molecule has 6 nitrogen and oxygen atoms in total. The maximum atomic E-state index is 13.1. The molecule has 0 saturated carbocycles. The molecule has 2 atom stereocenters. The highest BCUT2D eigenvalue weighted by molar-refractivity contribution is 5.84. The molecule has 0 aromatic heterocycles. The quantitative estimate of drug-likeness (QED) is 0.625. The van der Waals surface area contributed by atoms with E-state index < -0.39 is 36.6 Å². The summed E-state index contributed by atoms with van der Waals surface area (Å²) >= 11 is 0. The van der Waals surface area contributed by atoms with Crippen LogP contribution in [0.15, 0.2) is 24.3 Å². The summed E-state index contributed by atoms with van der Waals surface area (Å²) in [6.45, 7) is -0.463. The molecule has 0 spiro atoms. The molecule has 0 amide bonds. The first-order valence-corrected chi connectivity index (χ1v) is 4.92. The minimum atomic E-state index is -2.28. The summed E-state index contributed by atoms with van der Waals surface area (Å²) < 4.78 is 17.6. The van der Waals surface area contributed by atoms with E-state index in [4.69, 9.17) is 15.3 Å². The van der Waals surface area contributed by atoms with Crippen LogP contribution in [0.25, 0.3) is 0 Å². The predicted octanol–water partition coefficient (Wildman–Crippen LogP) is -0.325. The van der Waals surface area contributed by atoms with Crippen LogP contribution in [0.5, 0.6) is 0 Å². The van der Waals surface area contributed by atoms with Gasteiger partial charge >= 0.3 is 11.9 Å². The fourth-order valence-electron chi connectivity index (χ4n) is 1.11. The van der Waals surface area contributed by atoms with Crippen LogP contribution in [0, 0.1) is 5.82 Å². The number of esters is 1. The molecule has 0 saturated heterocycles. The molecular formula is C11H11FO6. The number of carbonyl (C=O) groups excluding carboxylic acids is 1. The molecule has 3 N–H and O–H groups in total. The SMILES string of the molecule is O=C(O)C(O)C(O)C(=O)OCc1ccccc1F. The molecule has 2 unspecified atom stereocenters. The van der Waals surface area contributed by atoms with Gasteiger partial charge in [0.1, 0.15) is 12.4 Å². The zero-order valence-electron chi connectivity index (χ0n) is 9.12. The summed E-state index contributed by atoms with van der Waals surface area (Å²) in [7, 11) is 0. The van der Waals surface area contributed by atoms with E-state index in [-0.39, 0.29) is 5.56 Å². The molecular weight excluding hydrogens is 247 g/mol. The van der Waals surface area contributed by atoms with Crippen LogP contribution >= 0.6 is 0 Å². The zero-order valence-corrected chi connectivity index (χ0v) is 9.12. The molecule has 0 aliphatic heterocycles. The summed E-state index contributed by atoms with van der Waals surface area (Å²) in [6, 6.07) is 5.49. The van der Waals surface area contributed by atoms with Gasteiger partial charge in [-0.2, -0.15) is 0 Å². The topological polar surface area (TPSA) is 104 Å². The van der Waals surface area contributed by atoms with Gasteiger partial charge in [0, 0.05) is 5.56 Å². The van der Waals surface area contributed by atoms with Gasteiger partial charge in [0.05, 0.1) is 0 Å². The monoisotopic (exact) mass is 258 g/mol. The highest BCUT2D eigenvalue weighted by Gasteiger charge is 2.31.